The molecule has 8 nitrogen and oxygen atoms in total. The minimum absolute atomic E-state index is 0.0382. The highest BCUT2D eigenvalue weighted by atomic mass is 16.6. The summed E-state index contributed by atoms with van der Waals surface area (Å²) in [4.78, 5) is 11.6. The molecule has 3 N–H and O–H groups in total. The van der Waals surface area contributed by atoms with E-state index >= 15 is 0 Å². The Balaban J connectivity index is 0.965. The molecule has 0 spiro atoms. The quantitative estimate of drug-likeness (QED) is 0.378. The van der Waals surface area contributed by atoms with Gasteiger partial charge in [-0.3, -0.25) is 4.79 Å². The second-order valence-electron chi connectivity index (χ2n) is 9.55. The van der Waals surface area contributed by atoms with E-state index in [0.717, 1.165) is 29.4 Å². The number of carbonyl (C=O) groups is 1. The van der Waals surface area contributed by atoms with Crippen LogP contribution in [0, 0.1) is 5.92 Å². The predicted molar refractivity (Wildman–Crippen MR) is 130 cm³/mol. The molecule has 35 heavy (non-hydrogen) atoms. The van der Waals surface area contributed by atoms with Crippen LogP contribution in [0.3, 0.4) is 0 Å². The third kappa shape index (κ3) is 6.58. The number of amides is 1. The Labute approximate surface area is 205 Å². The lowest BCUT2D eigenvalue weighted by Crippen LogP contribution is -2.33. The average molecular weight is 483 g/mol. The highest BCUT2D eigenvalue weighted by Crippen LogP contribution is 2.37. The van der Waals surface area contributed by atoms with E-state index in [0.29, 0.717) is 49.9 Å². The maximum absolute atomic E-state index is 11.6. The first kappa shape index (κ1) is 23.8. The van der Waals surface area contributed by atoms with E-state index in [1.165, 1.54) is 25.7 Å². The largest absolute Gasteiger partial charge is 0.492 e. The van der Waals surface area contributed by atoms with E-state index in [2.05, 4.69) is 10.6 Å². The van der Waals surface area contributed by atoms with Crippen LogP contribution in [-0.2, 0) is 6.54 Å². The SMILES string of the molecule is O=C1NCc2cc(OCCNC[C@H](O)COc3ccc4c(c3)OC[C@@H](CCCC3CC3)O4)ccc21. The number of aliphatic hydroxyl groups is 1. The second kappa shape index (κ2) is 11.2. The van der Waals surface area contributed by atoms with Crippen molar-refractivity contribution in [1.82, 2.24) is 10.6 Å². The molecule has 0 bridgehead atoms. The van der Waals surface area contributed by atoms with E-state index in [-0.39, 0.29) is 18.6 Å². The maximum atomic E-state index is 11.6. The molecule has 1 saturated carbocycles. The number of rotatable bonds is 13. The summed E-state index contributed by atoms with van der Waals surface area (Å²) < 4.78 is 23.5. The van der Waals surface area contributed by atoms with Crippen molar-refractivity contribution < 1.29 is 28.8 Å². The molecule has 2 aromatic carbocycles. The Morgan fingerprint density at radius 3 is 2.83 bits per heavy atom. The van der Waals surface area contributed by atoms with Gasteiger partial charge in [-0.05, 0) is 54.7 Å². The van der Waals surface area contributed by atoms with Gasteiger partial charge >= 0.3 is 0 Å². The maximum Gasteiger partial charge on any atom is 0.251 e. The van der Waals surface area contributed by atoms with Crippen molar-refractivity contribution in [3.05, 3.63) is 47.5 Å². The molecular weight excluding hydrogens is 448 g/mol. The third-order valence-corrected chi connectivity index (χ3v) is 6.60. The van der Waals surface area contributed by atoms with Gasteiger partial charge in [0.15, 0.2) is 11.5 Å². The van der Waals surface area contributed by atoms with Crippen molar-refractivity contribution in [2.45, 2.75) is 50.9 Å². The lowest BCUT2D eigenvalue weighted by molar-refractivity contribution is 0.0810. The zero-order valence-electron chi connectivity index (χ0n) is 20.0. The number of aliphatic hydroxyl groups excluding tert-OH is 1. The summed E-state index contributed by atoms with van der Waals surface area (Å²) in [6.07, 6.45) is 5.78. The molecule has 2 atom stereocenters. The Hall–Kier alpha value is -2.97. The Kier molecular flexibility index (Phi) is 7.59. The van der Waals surface area contributed by atoms with E-state index in [9.17, 15) is 9.90 Å². The van der Waals surface area contributed by atoms with Gasteiger partial charge in [0, 0.05) is 31.3 Å². The van der Waals surface area contributed by atoms with Crippen LogP contribution in [-0.4, -0.2) is 56.1 Å². The molecule has 5 rings (SSSR count). The van der Waals surface area contributed by atoms with Crippen LogP contribution in [0.25, 0.3) is 0 Å². The van der Waals surface area contributed by atoms with Gasteiger partial charge in [-0.25, -0.2) is 0 Å². The van der Waals surface area contributed by atoms with Crippen LogP contribution < -0.4 is 29.6 Å². The molecule has 2 heterocycles. The van der Waals surface area contributed by atoms with Crippen molar-refractivity contribution in [2.75, 3.05) is 32.9 Å². The fourth-order valence-electron chi connectivity index (χ4n) is 4.43. The Bertz CT molecular complexity index is 1020. The van der Waals surface area contributed by atoms with E-state index in [1.807, 2.05) is 24.3 Å². The van der Waals surface area contributed by atoms with Crippen molar-refractivity contribution >= 4 is 5.91 Å². The molecule has 2 aliphatic heterocycles. The van der Waals surface area contributed by atoms with Crippen LogP contribution in [0.1, 0.15) is 48.0 Å². The molecule has 1 aliphatic carbocycles. The molecule has 3 aliphatic rings. The van der Waals surface area contributed by atoms with E-state index in [4.69, 9.17) is 18.9 Å². The van der Waals surface area contributed by atoms with Gasteiger partial charge in [0.2, 0.25) is 0 Å². The summed E-state index contributed by atoms with van der Waals surface area (Å²) >= 11 is 0. The Morgan fingerprint density at radius 1 is 1.09 bits per heavy atom. The van der Waals surface area contributed by atoms with Crippen LogP contribution in [0.4, 0.5) is 0 Å². The molecule has 188 valence electrons. The Morgan fingerprint density at radius 2 is 1.94 bits per heavy atom. The topological polar surface area (TPSA) is 98.3 Å². The summed E-state index contributed by atoms with van der Waals surface area (Å²) in [5.74, 6) is 3.74. The van der Waals surface area contributed by atoms with Crippen molar-refractivity contribution in [3.8, 4) is 23.0 Å². The molecule has 0 saturated heterocycles. The number of nitrogens with one attached hydrogen (secondary N) is 2. The van der Waals surface area contributed by atoms with Gasteiger partial charge < -0.3 is 34.7 Å². The van der Waals surface area contributed by atoms with Crippen LogP contribution in [0.5, 0.6) is 23.0 Å². The highest BCUT2D eigenvalue weighted by Gasteiger charge is 2.24. The van der Waals surface area contributed by atoms with Gasteiger partial charge in [-0.2, -0.15) is 0 Å². The molecule has 1 fully saturated rings. The summed E-state index contributed by atoms with van der Waals surface area (Å²) in [7, 11) is 0. The first-order chi connectivity index (χ1) is 17.1. The molecule has 8 heteroatoms. The summed E-state index contributed by atoms with van der Waals surface area (Å²) in [6.45, 7) is 2.70. The second-order valence-corrected chi connectivity index (χ2v) is 9.55. The summed E-state index contributed by atoms with van der Waals surface area (Å²) in [5, 5.41) is 16.2. The van der Waals surface area contributed by atoms with Gasteiger partial charge in [-0.15, -0.1) is 0 Å². The van der Waals surface area contributed by atoms with Crippen molar-refractivity contribution in [2.24, 2.45) is 5.92 Å². The zero-order chi connectivity index (χ0) is 24.0. The van der Waals surface area contributed by atoms with Gasteiger partial charge in [0.25, 0.3) is 5.91 Å². The predicted octanol–water partition coefficient (Wildman–Crippen LogP) is 3.06. The number of hydrogen-bond acceptors (Lipinski definition) is 7. The molecule has 0 aromatic heterocycles. The average Bonchev–Trinajstić information content (AvgIpc) is 3.63. The van der Waals surface area contributed by atoms with Gasteiger partial charge in [0.05, 0.1) is 0 Å². The molecular formula is C27H34N2O6. The number of carbonyl (C=O) groups excluding carboxylic acids is 1. The molecule has 2 aromatic rings. The lowest BCUT2D eigenvalue weighted by atomic mass is 10.1. The summed E-state index contributed by atoms with van der Waals surface area (Å²) in [6, 6.07) is 11.0. The van der Waals surface area contributed by atoms with Crippen LogP contribution in [0.2, 0.25) is 0 Å². The fraction of sp³-hybridized carbons (Fsp3) is 0.519. The van der Waals surface area contributed by atoms with Crippen molar-refractivity contribution in [3.63, 3.8) is 0 Å². The lowest BCUT2D eigenvalue weighted by Gasteiger charge is -2.27. The molecule has 1 amide bonds. The standard InChI is InChI=1S/C27H34N2O6/c30-20(15-28-10-11-32-21-6-8-24-19(12-21)14-29-27(24)31)16-33-22-7-9-25-26(13-22)34-17-23(35-25)3-1-2-18-4-5-18/h6-9,12-13,18,20,23,28,30H,1-5,10-11,14-17H2,(H,29,31)/t20-,23+/m0/s1. The zero-order valence-corrected chi connectivity index (χ0v) is 20.0. The van der Waals surface area contributed by atoms with Crippen LogP contribution >= 0.6 is 0 Å². The smallest absolute Gasteiger partial charge is 0.251 e. The minimum Gasteiger partial charge on any atom is -0.492 e. The van der Waals surface area contributed by atoms with E-state index in [1.54, 1.807) is 12.1 Å². The molecule has 0 unspecified atom stereocenters. The minimum atomic E-state index is -0.656. The number of benzene rings is 2. The molecule has 0 radical (unpaired) electrons. The van der Waals surface area contributed by atoms with Gasteiger partial charge in [0.1, 0.15) is 43.5 Å². The van der Waals surface area contributed by atoms with Gasteiger partial charge in [-0.1, -0.05) is 19.3 Å². The third-order valence-electron chi connectivity index (χ3n) is 6.60. The fourth-order valence-corrected chi connectivity index (χ4v) is 4.43. The number of ether oxygens (including phenoxy) is 4. The first-order valence-electron chi connectivity index (χ1n) is 12.6. The number of hydrogen-bond donors (Lipinski definition) is 3. The van der Waals surface area contributed by atoms with Crippen LogP contribution in [0.15, 0.2) is 36.4 Å². The first-order valence-corrected chi connectivity index (χ1v) is 12.6. The normalized spacial score (nSPS) is 19.1. The van der Waals surface area contributed by atoms with E-state index < -0.39 is 6.10 Å². The monoisotopic (exact) mass is 482 g/mol. The highest BCUT2D eigenvalue weighted by molar-refractivity contribution is 5.98. The van der Waals surface area contributed by atoms with Crippen molar-refractivity contribution in [1.29, 1.82) is 0 Å². The number of fused-ring (bicyclic) bond motifs is 2. The summed E-state index contributed by atoms with van der Waals surface area (Å²) in [5.41, 5.74) is 1.66.